The Hall–Kier alpha value is -2.12. The first-order valence-electron chi connectivity index (χ1n) is 23.3. The molecule has 0 bridgehead atoms. The third-order valence-electron chi connectivity index (χ3n) is 10.6. The van der Waals surface area contributed by atoms with E-state index in [0.29, 0.717) is 38.5 Å². The number of hydrogen-bond acceptors (Lipinski definition) is 15. The second-order valence-electron chi connectivity index (χ2n) is 16.4. The van der Waals surface area contributed by atoms with E-state index in [4.69, 9.17) is 28.3 Å². The molecule has 0 radical (unpaired) electrons. The van der Waals surface area contributed by atoms with Crippen molar-refractivity contribution in [3.8, 4) is 0 Å². The molecule has 65 heavy (non-hydrogen) atoms. The second-order valence-corrected chi connectivity index (χ2v) is 19.0. The second kappa shape index (κ2) is 35.9. The van der Waals surface area contributed by atoms with Gasteiger partial charge in [-0.25, -0.2) is 9.13 Å². The Morgan fingerprint density at radius 2 is 1.09 bits per heavy atom. The summed E-state index contributed by atoms with van der Waals surface area (Å²) in [7, 11) is -10.7. The quantitative estimate of drug-likeness (QED) is 0.0139. The van der Waals surface area contributed by atoms with Crippen molar-refractivity contribution in [3.63, 3.8) is 0 Å². The van der Waals surface area contributed by atoms with Gasteiger partial charge in [0.25, 0.3) is 0 Å². The monoisotopic (exact) mass is 970 g/mol. The summed E-state index contributed by atoms with van der Waals surface area (Å²) in [5.41, 5.74) is 0. The maximum absolute atomic E-state index is 13.0. The maximum Gasteiger partial charge on any atom is 0.472 e. The van der Waals surface area contributed by atoms with Crippen LogP contribution in [-0.4, -0.2) is 125 Å². The number of phosphoric ester groups is 2. The van der Waals surface area contributed by atoms with Crippen molar-refractivity contribution in [1.82, 2.24) is 0 Å². The summed E-state index contributed by atoms with van der Waals surface area (Å²) in [6.45, 7) is 2.78. The van der Waals surface area contributed by atoms with E-state index in [1.165, 1.54) is 0 Å². The van der Waals surface area contributed by atoms with Gasteiger partial charge in [-0.1, -0.05) is 120 Å². The molecule has 0 aliphatic heterocycles. The van der Waals surface area contributed by atoms with Gasteiger partial charge < -0.3 is 54.8 Å². The van der Waals surface area contributed by atoms with Crippen LogP contribution in [0.3, 0.4) is 0 Å². The van der Waals surface area contributed by atoms with Crippen molar-refractivity contribution in [1.29, 1.82) is 0 Å². The molecule has 0 saturated heterocycles. The molecule has 0 spiro atoms. The van der Waals surface area contributed by atoms with Crippen molar-refractivity contribution >= 4 is 27.6 Å². The van der Waals surface area contributed by atoms with Crippen molar-refractivity contribution < 1.29 is 87.1 Å². The molecule has 1 saturated carbocycles. The summed E-state index contributed by atoms with van der Waals surface area (Å²) in [5, 5.41) is 61.7. The minimum absolute atomic E-state index is 0.0604. The topological polar surface area (TPSA) is 296 Å². The maximum atomic E-state index is 13.0. The van der Waals surface area contributed by atoms with Crippen molar-refractivity contribution in [2.45, 2.75) is 210 Å². The van der Waals surface area contributed by atoms with Crippen LogP contribution in [0.25, 0.3) is 0 Å². The molecule has 20 heteroatoms. The Bertz CT molecular complexity index is 1480. The summed E-state index contributed by atoms with van der Waals surface area (Å²) in [6, 6.07) is 0. The zero-order valence-corrected chi connectivity index (χ0v) is 40.2. The molecule has 1 aliphatic carbocycles. The minimum Gasteiger partial charge on any atom is -0.462 e. The average Bonchev–Trinajstić information content (AvgIpc) is 3.25. The third-order valence-corrected chi connectivity index (χ3v) is 12.1. The molecule has 5 unspecified atom stereocenters. The Labute approximate surface area is 385 Å². The lowest BCUT2D eigenvalue weighted by atomic mass is 9.85. The lowest BCUT2D eigenvalue weighted by Gasteiger charge is -2.43. The molecule has 1 rings (SSSR count). The molecule has 1 aliphatic rings. The molecular formula is C45H80O18P2. The number of carbonyl (C=O) groups is 2. The highest BCUT2D eigenvalue weighted by molar-refractivity contribution is 7.47. The number of aliphatic hydroxyl groups is 6. The van der Waals surface area contributed by atoms with Gasteiger partial charge in [0.2, 0.25) is 0 Å². The summed E-state index contributed by atoms with van der Waals surface area (Å²) >= 11 is 0. The number of esters is 2. The molecular weight excluding hydrogens is 890 g/mol. The summed E-state index contributed by atoms with van der Waals surface area (Å²) in [5.74, 6) is -1.34. The van der Waals surface area contributed by atoms with Gasteiger partial charge in [-0.2, -0.15) is 0 Å². The van der Waals surface area contributed by atoms with Crippen LogP contribution in [0, 0.1) is 0 Å². The number of phosphoric acid groups is 2. The van der Waals surface area contributed by atoms with Gasteiger partial charge in [-0.15, -0.1) is 0 Å². The lowest BCUT2D eigenvalue weighted by Crippen LogP contribution is -2.64. The molecule has 9 N–H and O–H groups in total. The number of hydrogen-bond donors (Lipinski definition) is 9. The zero-order valence-electron chi connectivity index (χ0n) is 38.4. The van der Waals surface area contributed by atoms with Gasteiger partial charge in [0.05, 0.1) is 18.8 Å². The summed E-state index contributed by atoms with van der Waals surface area (Å²) < 4.78 is 49.2. The SMILES string of the molecule is CC/C=C\C/C=C\C/C=C\CCCCCCCC(=O)OC[C@H](COP(=O)(O)O[C@H]1C(O)C(O)C(O)[C@@H](OP(=O)(O)O)C1O)OC(=O)CCCCCCC[C@H](O)[C@@H](O)C/C=C\CCCCC. The van der Waals surface area contributed by atoms with Gasteiger partial charge in [0.1, 0.15) is 43.2 Å². The third kappa shape index (κ3) is 30.1. The fourth-order valence-corrected chi connectivity index (χ4v) is 8.37. The number of ether oxygens (including phenoxy) is 2. The number of rotatable bonds is 38. The minimum atomic E-state index is -5.39. The van der Waals surface area contributed by atoms with Gasteiger partial charge in [-0.3, -0.25) is 23.2 Å². The van der Waals surface area contributed by atoms with Crippen molar-refractivity contribution in [3.05, 3.63) is 48.6 Å². The van der Waals surface area contributed by atoms with Crippen LogP contribution in [-0.2, 0) is 41.8 Å². The van der Waals surface area contributed by atoms with Gasteiger partial charge >= 0.3 is 27.6 Å². The van der Waals surface area contributed by atoms with E-state index in [1.54, 1.807) is 0 Å². The Kier molecular flexibility index (Phi) is 33.7. The van der Waals surface area contributed by atoms with Crippen molar-refractivity contribution in [2.24, 2.45) is 0 Å². The van der Waals surface area contributed by atoms with Gasteiger partial charge in [0.15, 0.2) is 6.10 Å². The molecule has 0 aromatic carbocycles. The normalized spacial score (nSPS) is 23.1. The average molecular weight is 971 g/mol. The highest BCUT2D eigenvalue weighted by atomic mass is 31.2. The molecule has 18 nitrogen and oxygen atoms in total. The first-order chi connectivity index (χ1) is 30.9. The molecule has 0 aromatic heterocycles. The number of aliphatic hydroxyl groups excluding tert-OH is 6. The zero-order chi connectivity index (χ0) is 48.5. The van der Waals surface area contributed by atoms with Crippen LogP contribution in [0.1, 0.15) is 155 Å². The van der Waals surface area contributed by atoms with Gasteiger partial charge in [0, 0.05) is 12.8 Å². The highest BCUT2D eigenvalue weighted by Crippen LogP contribution is 2.49. The molecule has 10 atom stereocenters. The molecule has 0 heterocycles. The number of unbranched alkanes of at least 4 members (excludes halogenated alkanes) is 12. The molecule has 0 amide bonds. The Morgan fingerprint density at radius 3 is 1.71 bits per heavy atom. The largest absolute Gasteiger partial charge is 0.472 e. The van der Waals surface area contributed by atoms with Crippen molar-refractivity contribution in [2.75, 3.05) is 13.2 Å². The summed E-state index contributed by atoms with van der Waals surface area (Å²) in [4.78, 5) is 54.3. The first kappa shape index (κ1) is 60.9. The van der Waals surface area contributed by atoms with Crippen LogP contribution in [0.4, 0.5) is 0 Å². The van der Waals surface area contributed by atoms with Crippen LogP contribution in [0.2, 0.25) is 0 Å². The van der Waals surface area contributed by atoms with Gasteiger partial charge in [-0.05, 0) is 70.6 Å². The predicted molar refractivity (Wildman–Crippen MR) is 244 cm³/mol. The molecule has 1 fully saturated rings. The lowest BCUT2D eigenvalue weighted by molar-refractivity contribution is -0.216. The fraction of sp³-hybridized carbons (Fsp3) is 0.778. The Morgan fingerprint density at radius 1 is 0.569 bits per heavy atom. The van der Waals surface area contributed by atoms with Crippen LogP contribution >= 0.6 is 15.6 Å². The Balaban J connectivity index is 2.67. The van der Waals surface area contributed by atoms with Crippen LogP contribution in [0.5, 0.6) is 0 Å². The number of carbonyl (C=O) groups excluding carboxylic acids is 2. The van der Waals surface area contributed by atoms with E-state index in [9.17, 15) is 54.3 Å². The highest BCUT2D eigenvalue weighted by Gasteiger charge is 2.54. The smallest absolute Gasteiger partial charge is 0.462 e. The number of allylic oxidation sites excluding steroid dienone is 7. The van der Waals surface area contributed by atoms with Crippen LogP contribution < -0.4 is 0 Å². The van der Waals surface area contributed by atoms with E-state index in [0.717, 1.165) is 89.9 Å². The van der Waals surface area contributed by atoms with E-state index in [-0.39, 0.29) is 12.8 Å². The van der Waals surface area contributed by atoms with E-state index in [2.05, 4.69) is 54.8 Å². The molecule has 0 aromatic rings. The molecule has 378 valence electrons. The van der Waals surface area contributed by atoms with Crippen LogP contribution in [0.15, 0.2) is 48.6 Å². The standard InChI is InChI=1S/C45H80O18P2/c1-3-5-7-9-11-12-13-14-15-16-17-18-19-23-27-31-38(48)59-33-35(34-60-65(57,58)63-45-42(52)40(50)41(51)44(43(45)53)62-64(54,55)56)61-39(49)32-28-24-20-22-26-30-37(47)36(46)29-25-21-10-8-6-4-2/h5,7,11-12,14-15,21,25,35-37,40-47,50-53H,3-4,6,8-10,13,16-20,22-24,26-34H2,1-2H3,(H,57,58)(H2,54,55,56)/b7-5-,12-11-,15-14-,25-21-/t35-,36+,37+,40?,41?,42?,43?,44-,45+/m1/s1. The fourth-order valence-electron chi connectivity index (χ4n) is 6.83. The first-order valence-corrected chi connectivity index (χ1v) is 26.4. The summed E-state index contributed by atoms with van der Waals surface area (Å²) in [6.07, 6.45) is 16.5. The van der Waals surface area contributed by atoms with E-state index >= 15 is 0 Å². The predicted octanol–water partition coefficient (Wildman–Crippen LogP) is 6.45. The van der Waals surface area contributed by atoms with E-state index in [1.807, 2.05) is 12.2 Å². The van der Waals surface area contributed by atoms with E-state index < -0.39 is 95.7 Å².